The second-order valence-electron chi connectivity index (χ2n) is 6.99. The van der Waals surface area contributed by atoms with E-state index in [-0.39, 0.29) is 5.56 Å². The van der Waals surface area contributed by atoms with Crippen LogP contribution in [-0.4, -0.2) is 39.6 Å². The topological polar surface area (TPSA) is 80.3 Å². The third-order valence-electron chi connectivity index (χ3n) is 5.07. The Labute approximate surface area is 162 Å². The first-order chi connectivity index (χ1) is 13.8. The molecule has 2 aliphatic rings. The Bertz CT molecular complexity index is 1060. The van der Waals surface area contributed by atoms with Gasteiger partial charge in [0, 0.05) is 31.4 Å². The van der Waals surface area contributed by atoms with Crippen LogP contribution in [0, 0.1) is 0 Å². The maximum Gasteiger partial charge on any atom is 0.254 e. The SMILES string of the molecule is O=c1[nH]c(-c2ccccn2)nc2c1CCN(Cc1ccc3c(c1)OCCO3)C2. The maximum absolute atomic E-state index is 12.5. The van der Waals surface area contributed by atoms with Crippen molar-refractivity contribution in [1.82, 2.24) is 19.9 Å². The van der Waals surface area contributed by atoms with Crippen molar-refractivity contribution in [2.75, 3.05) is 19.8 Å². The minimum atomic E-state index is -0.0652. The van der Waals surface area contributed by atoms with Gasteiger partial charge >= 0.3 is 0 Å². The lowest BCUT2D eigenvalue weighted by molar-refractivity contribution is 0.171. The summed E-state index contributed by atoms with van der Waals surface area (Å²) in [5.41, 5.74) is 3.37. The van der Waals surface area contributed by atoms with Crippen LogP contribution in [0.4, 0.5) is 0 Å². The van der Waals surface area contributed by atoms with Crippen molar-refractivity contribution >= 4 is 0 Å². The molecule has 2 aromatic heterocycles. The summed E-state index contributed by atoms with van der Waals surface area (Å²) in [7, 11) is 0. The highest BCUT2D eigenvalue weighted by atomic mass is 16.6. The zero-order chi connectivity index (χ0) is 18.9. The molecule has 0 fully saturated rings. The average Bonchev–Trinajstić information content (AvgIpc) is 2.74. The molecule has 0 bridgehead atoms. The first-order valence-electron chi connectivity index (χ1n) is 9.40. The van der Waals surface area contributed by atoms with E-state index in [1.165, 1.54) is 0 Å². The van der Waals surface area contributed by atoms with E-state index in [9.17, 15) is 4.79 Å². The van der Waals surface area contributed by atoms with Gasteiger partial charge in [-0.05, 0) is 36.2 Å². The third kappa shape index (κ3) is 3.25. The number of aromatic amines is 1. The van der Waals surface area contributed by atoms with Gasteiger partial charge in [-0.15, -0.1) is 0 Å². The number of rotatable bonds is 3. The molecule has 28 heavy (non-hydrogen) atoms. The minimum absolute atomic E-state index is 0.0652. The second kappa shape index (κ2) is 7.09. The Morgan fingerprint density at radius 1 is 1.11 bits per heavy atom. The van der Waals surface area contributed by atoms with E-state index >= 15 is 0 Å². The van der Waals surface area contributed by atoms with Crippen LogP contribution in [0.3, 0.4) is 0 Å². The second-order valence-corrected chi connectivity index (χ2v) is 6.99. The van der Waals surface area contributed by atoms with Gasteiger partial charge in [-0.3, -0.25) is 14.7 Å². The van der Waals surface area contributed by atoms with Gasteiger partial charge in [0.15, 0.2) is 17.3 Å². The summed E-state index contributed by atoms with van der Waals surface area (Å²) in [6, 6.07) is 11.6. The van der Waals surface area contributed by atoms with Crippen molar-refractivity contribution in [3.05, 3.63) is 69.8 Å². The molecule has 142 valence electrons. The lowest BCUT2D eigenvalue weighted by Gasteiger charge is -2.28. The predicted octanol–water partition coefficient (Wildman–Crippen LogP) is 2.16. The first-order valence-corrected chi connectivity index (χ1v) is 9.40. The highest BCUT2D eigenvalue weighted by Gasteiger charge is 2.22. The van der Waals surface area contributed by atoms with Gasteiger partial charge in [0.05, 0.1) is 5.69 Å². The summed E-state index contributed by atoms with van der Waals surface area (Å²) >= 11 is 0. The molecular formula is C21H20N4O3. The fourth-order valence-electron chi connectivity index (χ4n) is 3.70. The summed E-state index contributed by atoms with van der Waals surface area (Å²) in [4.78, 5) is 26.7. The van der Waals surface area contributed by atoms with E-state index in [4.69, 9.17) is 14.5 Å². The normalized spacial score (nSPS) is 15.9. The quantitative estimate of drug-likeness (QED) is 0.755. The highest BCUT2D eigenvalue weighted by Crippen LogP contribution is 2.31. The van der Waals surface area contributed by atoms with Crippen LogP contribution < -0.4 is 15.0 Å². The van der Waals surface area contributed by atoms with Gasteiger partial charge in [0.25, 0.3) is 5.56 Å². The Balaban J connectivity index is 1.39. The molecule has 0 aliphatic carbocycles. The third-order valence-corrected chi connectivity index (χ3v) is 5.07. The van der Waals surface area contributed by atoms with Crippen LogP contribution in [0.1, 0.15) is 16.8 Å². The molecule has 0 amide bonds. The molecule has 0 radical (unpaired) electrons. The lowest BCUT2D eigenvalue weighted by Crippen LogP contribution is -2.35. The maximum atomic E-state index is 12.5. The number of fused-ring (bicyclic) bond motifs is 2. The summed E-state index contributed by atoms with van der Waals surface area (Å²) in [6.07, 6.45) is 2.38. The molecule has 7 heteroatoms. The largest absolute Gasteiger partial charge is 0.486 e. The molecule has 3 aromatic rings. The molecule has 1 N–H and O–H groups in total. The van der Waals surface area contributed by atoms with E-state index in [0.29, 0.717) is 37.7 Å². The number of ether oxygens (including phenoxy) is 2. The van der Waals surface area contributed by atoms with Crippen molar-refractivity contribution in [2.24, 2.45) is 0 Å². The van der Waals surface area contributed by atoms with E-state index in [1.54, 1.807) is 6.20 Å². The Hall–Kier alpha value is -3.19. The van der Waals surface area contributed by atoms with Crippen molar-refractivity contribution in [2.45, 2.75) is 19.5 Å². The van der Waals surface area contributed by atoms with Gasteiger partial charge < -0.3 is 14.5 Å². The standard InChI is InChI=1S/C21H20N4O3/c26-21-15-6-8-25(12-14-4-5-18-19(11-14)28-10-9-27-18)13-17(15)23-20(24-21)16-3-1-2-7-22-16/h1-5,7,11H,6,8-10,12-13H2,(H,23,24,26). The number of aromatic nitrogens is 3. The molecule has 1 aromatic carbocycles. The van der Waals surface area contributed by atoms with Crippen molar-refractivity contribution < 1.29 is 9.47 Å². The van der Waals surface area contributed by atoms with Gasteiger partial charge in [-0.25, -0.2) is 4.98 Å². The molecule has 7 nitrogen and oxygen atoms in total. The van der Waals surface area contributed by atoms with Crippen LogP contribution >= 0.6 is 0 Å². The molecule has 0 spiro atoms. The zero-order valence-electron chi connectivity index (χ0n) is 15.4. The molecule has 4 heterocycles. The monoisotopic (exact) mass is 376 g/mol. The number of pyridine rings is 1. The summed E-state index contributed by atoms with van der Waals surface area (Å²) in [5, 5.41) is 0. The van der Waals surface area contributed by atoms with Crippen LogP contribution in [0.25, 0.3) is 11.5 Å². The highest BCUT2D eigenvalue weighted by molar-refractivity contribution is 5.49. The van der Waals surface area contributed by atoms with Crippen LogP contribution in [0.5, 0.6) is 11.5 Å². The fourth-order valence-corrected chi connectivity index (χ4v) is 3.70. The molecular weight excluding hydrogens is 356 g/mol. The van der Waals surface area contributed by atoms with Crippen LogP contribution in [-0.2, 0) is 19.5 Å². The molecule has 0 saturated heterocycles. The number of hydrogen-bond acceptors (Lipinski definition) is 6. The minimum Gasteiger partial charge on any atom is -0.486 e. The van der Waals surface area contributed by atoms with E-state index < -0.39 is 0 Å². The van der Waals surface area contributed by atoms with Crippen molar-refractivity contribution in [1.29, 1.82) is 0 Å². The molecule has 5 rings (SSSR count). The average molecular weight is 376 g/mol. The first kappa shape index (κ1) is 16.9. The van der Waals surface area contributed by atoms with Gasteiger partial charge in [-0.2, -0.15) is 0 Å². The summed E-state index contributed by atoms with van der Waals surface area (Å²) in [5.74, 6) is 2.12. The summed E-state index contributed by atoms with van der Waals surface area (Å²) < 4.78 is 11.3. The predicted molar refractivity (Wildman–Crippen MR) is 103 cm³/mol. The Morgan fingerprint density at radius 3 is 2.86 bits per heavy atom. The van der Waals surface area contributed by atoms with E-state index in [1.807, 2.05) is 30.3 Å². The van der Waals surface area contributed by atoms with E-state index in [2.05, 4.69) is 20.9 Å². The lowest BCUT2D eigenvalue weighted by atomic mass is 10.1. The molecule has 0 saturated carbocycles. The number of hydrogen-bond donors (Lipinski definition) is 1. The van der Waals surface area contributed by atoms with Gasteiger partial charge in [0.1, 0.15) is 18.9 Å². The van der Waals surface area contributed by atoms with Gasteiger partial charge in [0.2, 0.25) is 0 Å². The van der Waals surface area contributed by atoms with Crippen LogP contribution in [0.2, 0.25) is 0 Å². The fraction of sp³-hybridized carbons (Fsp3) is 0.286. The van der Waals surface area contributed by atoms with Crippen LogP contribution in [0.15, 0.2) is 47.4 Å². The van der Waals surface area contributed by atoms with Gasteiger partial charge in [-0.1, -0.05) is 12.1 Å². The Morgan fingerprint density at radius 2 is 2.00 bits per heavy atom. The Kier molecular flexibility index (Phi) is 4.29. The molecule has 0 unspecified atom stereocenters. The van der Waals surface area contributed by atoms with Crippen molar-refractivity contribution in [3.8, 4) is 23.0 Å². The number of H-pyrrole nitrogens is 1. The smallest absolute Gasteiger partial charge is 0.254 e. The summed E-state index contributed by atoms with van der Waals surface area (Å²) in [6.45, 7) is 3.39. The number of benzene rings is 1. The number of nitrogens with one attached hydrogen (secondary N) is 1. The zero-order valence-corrected chi connectivity index (χ0v) is 15.4. The molecule has 0 atom stereocenters. The van der Waals surface area contributed by atoms with Crippen molar-refractivity contribution in [3.63, 3.8) is 0 Å². The molecule has 2 aliphatic heterocycles. The van der Waals surface area contributed by atoms with E-state index in [0.717, 1.165) is 41.4 Å². The number of nitrogens with zero attached hydrogens (tertiary/aromatic N) is 3.